The molecule has 14 N–H and O–H groups in total. The first kappa shape index (κ1) is 34.3. The first-order chi connectivity index (χ1) is 19.2. The molecule has 9 unspecified atom stereocenters. The standard InChI is InChI=1S/C24H44N4O12S/c1-8(41(2)3)19-17(34)18(35)24(38-19)40-21-14(31)10(28-22(36)11(30)4-5-25)6-9(26)20(21)39-23-13(27)16(33)15(32)12(7-29)37-23/h2,8-21,23-24,29-35H,3-7,25-27H2,1H3,(H,28,36)/t8?,9?,10-,11+,12?,13?,14?,15-,16?,17?,18?,19-,20-,21?,23-,24+/m1/s1. The molecule has 3 aliphatic rings. The molecule has 16 nitrogen and oxygen atoms in total. The number of ether oxygens (including phenoxy) is 4. The lowest BCUT2D eigenvalue weighted by molar-refractivity contribution is -0.310. The minimum atomic E-state index is -1.58. The number of amides is 1. The van der Waals surface area contributed by atoms with E-state index in [-0.39, 0.29) is 19.4 Å². The molecule has 2 aliphatic heterocycles. The Bertz CT molecular complexity index is 1010. The number of nitrogens with two attached hydrogens (primary N) is 3. The Morgan fingerprint density at radius 1 is 1.05 bits per heavy atom. The van der Waals surface area contributed by atoms with Crippen molar-refractivity contribution in [1.82, 2.24) is 5.32 Å². The third-order valence-corrected chi connectivity index (χ3v) is 9.02. The molecular formula is C24H44N4O12S. The van der Waals surface area contributed by atoms with Crippen molar-refractivity contribution in [2.24, 2.45) is 17.2 Å². The Labute approximate surface area is 239 Å². The molecule has 3 rings (SSSR count). The molecule has 0 radical (unpaired) electrons. The maximum absolute atomic E-state index is 12.5. The number of carbonyl (C=O) groups excluding carboxylic acids is 1. The second kappa shape index (κ2) is 14.5. The van der Waals surface area contributed by atoms with Crippen molar-refractivity contribution in [3.63, 3.8) is 0 Å². The minimum Gasteiger partial charge on any atom is -0.394 e. The summed E-state index contributed by atoms with van der Waals surface area (Å²) in [6.07, 6.45) is -17.1. The van der Waals surface area contributed by atoms with Gasteiger partial charge in [0.05, 0.1) is 18.7 Å². The number of aliphatic hydroxyl groups excluding tert-OH is 7. The van der Waals surface area contributed by atoms with Crippen molar-refractivity contribution in [3.05, 3.63) is 0 Å². The first-order valence-electron chi connectivity index (χ1n) is 13.3. The zero-order valence-electron chi connectivity index (χ0n) is 22.7. The summed E-state index contributed by atoms with van der Waals surface area (Å²) in [5.41, 5.74) is 23.7. The molecule has 17 heteroatoms. The lowest BCUT2D eigenvalue weighted by Crippen LogP contribution is -2.69. The maximum Gasteiger partial charge on any atom is 0.249 e. The molecule has 0 bridgehead atoms. The highest BCUT2D eigenvalue weighted by molar-refractivity contribution is 8.04. The predicted molar refractivity (Wildman–Crippen MR) is 145 cm³/mol. The van der Waals surface area contributed by atoms with Gasteiger partial charge in [0.1, 0.15) is 61.0 Å². The SMILES string of the molecule is C#S(=C)C(C)[C@H]1O[C@@H](OC2C(O)[C@H](NC(=O)[C@@H](O)CCN)CC(N)[C@H]2O[C@H]2OC(CO)[C@@H](O)C(O)C2N)C(O)C1O. The molecule has 16 atom stereocenters. The smallest absolute Gasteiger partial charge is 0.249 e. The van der Waals surface area contributed by atoms with E-state index in [2.05, 4.69) is 11.2 Å². The quantitative estimate of drug-likeness (QED) is 0.102. The van der Waals surface area contributed by atoms with Crippen LogP contribution < -0.4 is 22.5 Å². The summed E-state index contributed by atoms with van der Waals surface area (Å²) in [6.45, 7) is 1.04. The number of rotatable bonds is 10. The molecule has 0 aromatic heterocycles. The lowest BCUT2D eigenvalue weighted by atomic mass is 9.83. The molecule has 0 aromatic carbocycles. The molecule has 0 spiro atoms. The van der Waals surface area contributed by atoms with E-state index in [9.17, 15) is 40.5 Å². The Balaban J connectivity index is 1.87. The average molecular weight is 613 g/mol. The normalized spacial score (nSPS) is 44.7. The minimum absolute atomic E-state index is 0.0296. The van der Waals surface area contributed by atoms with Gasteiger partial charge in [0, 0.05) is 11.3 Å². The van der Waals surface area contributed by atoms with Gasteiger partial charge >= 0.3 is 0 Å². The molecule has 1 aliphatic carbocycles. The van der Waals surface area contributed by atoms with Crippen molar-refractivity contribution >= 4 is 21.7 Å². The van der Waals surface area contributed by atoms with E-state index < -0.39 is 119 Å². The molecule has 2 saturated heterocycles. The van der Waals surface area contributed by atoms with E-state index in [1.807, 2.05) is 0 Å². The third kappa shape index (κ3) is 7.47. The van der Waals surface area contributed by atoms with Crippen LogP contribution in [0.1, 0.15) is 19.8 Å². The number of hydrogen-bond donors (Lipinski definition) is 11. The van der Waals surface area contributed by atoms with Crippen molar-refractivity contribution in [3.8, 4) is 5.69 Å². The van der Waals surface area contributed by atoms with E-state index in [1.54, 1.807) is 6.92 Å². The summed E-state index contributed by atoms with van der Waals surface area (Å²) in [6, 6.07) is -3.37. The summed E-state index contributed by atoms with van der Waals surface area (Å²) in [5.74, 6) is 2.94. The first-order valence-corrected chi connectivity index (χ1v) is 14.8. The van der Waals surface area contributed by atoms with Gasteiger partial charge in [-0.1, -0.05) is 5.87 Å². The van der Waals surface area contributed by atoms with Gasteiger partial charge in [-0.25, -0.2) is 0 Å². The van der Waals surface area contributed by atoms with E-state index in [0.717, 1.165) is 0 Å². The molecular weight excluding hydrogens is 568 g/mol. The molecule has 2 heterocycles. The average Bonchev–Trinajstić information content (AvgIpc) is 3.21. The fraction of sp³-hybridized carbons (Fsp3) is 0.875. The second-order valence-corrected chi connectivity index (χ2v) is 12.4. The van der Waals surface area contributed by atoms with Gasteiger partial charge in [0.25, 0.3) is 0 Å². The summed E-state index contributed by atoms with van der Waals surface area (Å²) < 4.78 is 23.2. The van der Waals surface area contributed by atoms with Crippen molar-refractivity contribution in [1.29, 1.82) is 0 Å². The molecule has 238 valence electrons. The Kier molecular flexibility index (Phi) is 12.1. The predicted octanol–water partition coefficient (Wildman–Crippen LogP) is -6.07. The van der Waals surface area contributed by atoms with Crippen LogP contribution in [0.15, 0.2) is 0 Å². The van der Waals surface area contributed by atoms with Crippen LogP contribution in [-0.2, 0) is 23.7 Å². The lowest BCUT2D eigenvalue weighted by Gasteiger charge is -2.47. The summed E-state index contributed by atoms with van der Waals surface area (Å²) in [4.78, 5) is 12.5. The van der Waals surface area contributed by atoms with Gasteiger partial charge in [0.15, 0.2) is 12.6 Å². The van der Waals surface area contributed by atoms with Gasteiger partial charge in [-0.15, -0.1) is 5.69 Å². The van der Waals surface area contributed by atoms with Crippen LogP contribution in [0.4, 0.5) is 0 Å². The molecule has 3 fully saturated rings. The molecule has 1 amide bonds. The van der Waals surface area contributed by atoms with E-state index in [4.69, 9.17) is 41.8 Å². The monoisotopic (exact) mass is 612 g/mol. The molecule has 1 saturated carbocycles. The highest BCUT2D eigenvalue weighted by Crippen LogP contribution is 2.34. The van der Waals surface area contributed by atoms with Crippen LogP contribution in [0.2, 0.25) is 0 Å². The van der Waals surface area contributed by atoms with Crippen LogP contribution in [0.5, 0.6) is 0 Å². The summed E-state index contributed by atoms with van der Waals surface area (Å²) in [5, 5.41) is 74.7. The van der Waals surface area contributed by atoms with Crippen molar-refractivity contribution in [2.75, 3.05) is 13.2 Å². The second-order valence-electron chi connectivity index (χ2n) is 10.7. The highest BCUT2D eigenvalue weighted by atomic mass is 32.2. The van der Waals surface area contributed by atoms with Gasteiger partial charge < -0.3 is 77.2 Å². The Morgan fingerprint density at radius 3 is 2.27 bits per heavy atom. The topological polar surface area (TPSA) is 286 Å². The summed E-state index contributed by atoms with van der Waals surface area (Å²) >= 11 is 0. The summed E-state index contributed by atoms with van der Waals surface area (Å²) in [7, 11) is -0.937. The number of hydrogen-bond acceptors (Lipinski definition) is 15. The zero-order chi connectivity index (χ0) is 30.8. The van der Waals surface area contributed by atoms with Crippen LogP contribution >= 0.6 is 9.89 Å². The van der Waals surface area contributed by atoms with E-state index in [1.165, 1.54) is 0 Å². The van der Waals surface area contributed by atoms with Crippen molar-refractivity contribution < 1.29 is 59.5 Å². The van der Waals surface area contributed by atoms with E-state index in [0.29, 0.717) is 0 Å². The Morgan fingerprint density at radius 2 is 1.68 bits per heavy atom. The fourth-order valence-electron chi connectivity index (χ4n) is 5.16. The van der Waals surface area contributed by atoms with Gasteiger partial charge in [-0.05, 0) is 26.3 Å². The molecule has 0 aromatic rings. The maximum atomic E-state index is 12.5. The fourth-order valence-corrected chi connectivity index (χ4v) is 5.73. The van der Waals surface area contributed by atoms with Gasteiger partial charge in [-0.3, -0.25) is 4.79 Å². The van der Waals surface area contributed by atoms with Crippen LogP contribution in [0, 0.1) is 5.69 Å². The van der Waals surface area contributed by atoms with Crippen LogP contribution in [-0.4, -0.2) is 158 Å². The van der Waals surface area contributed by atoms with Gasteiger partial charge in [0.2, 0.25) is 5.91 Å². The van der Waals surface area contributed by atoms with Crippen molar-refractivity contribution in [2.45, 2.75) is 117 Å². The molecule has 41 heavy (non-hydrogen) atoms. The third-order valence-electron chi connectivity index (χ3n) is 7.80. The highest BCUT2D eigenvalue weighted by Gasteiger charge is 2.53. The largest absolute Gasteiger partial charge is 0.394 e. The number of carbonyl (C=O) groups is 1. The van der Waals surface area contributed by atoms with Gasteiger partial charge in [-0.2, -0.15) is 9.89 Å². The van der Waals surface area contributed by atoms with Crippen LogP contribution in [0.25, 0.3) is 0 Å². The van der Waals surface area contributed by atoms with Crippen LogP contribution in [0.3, 0.4) is 0 Å². The number of nitrogens with one attached hydrogen (secondary N) is 1. The Hall–Kier alpha value is -1.22. The van der Waals surface area contributed by atoms with E-state index >= 15 is 0 Å². The zero-order valence-corrected chi connectivity index (χ0v) is 23.5. The number of aliphatic hydroxyl groups is 7.